The van der Waals surface area contributed by atoms with Crippen molar-refractivity contribution in [2.24, 2.45) is 0 Å². The summed E-state index contributed by atoms with van der Waals surface area (Å²) in [6.07, 6.45) is -0.747. The predicted molar refractivity (Wildman–Crippen MR) is 95.4 cm³/mol. The first kappa shape index (κ1) is 17.8. The molecule has 0 spiro atoms. The number of aryl methyl sites for hydroxylation is 1. The summed E-state index contributed by atoms with van der Waals surface area (Å²) in [5.74, 6) is 0.426. The van der Waals surface area contributed by atoms with Gasteiger partial charge in [-0.15, -0.1) is 0 Å². The van der Waals surface area contributed by atoms with Crippen LogP contribution in [0.5, 0.6) is 5.75 Å². The van der Waals surface area contributed by atoms with Crippen molar-refractivity contribution in [3.05, 3.63) is 59.7 Å². The normalized spacial score (nSPS) is 11.7. The number of amides is 1. The summed E-state index contributed by atoms with van der Waals surface area (Å²) < 4.78 is 5.48. The van der Waals surface area contributed by atoms with Crippen LogP contribution in [0.1, 0.15) is 17.2 Å². The molecule has 0 fully saturated rings. The Morgan fingerprint density at radius 1 is 1.17 bits per heavy atom. The number of carbonyl (C=O) groups excluding carboxylic acids is 1. The number of carbonyl (C=O) groups is 1. The molecule has 1 amide bonds. The van der Waals surface area contributed by atoms with Crippen LogP contribution in [-0.4, -0.2) is 38.3 Å². The van der Waals surface area contributed by atoms with Gasteiger partial charge in [-0.1, -0.05) is 30.3 Å². The highest BCUT2D eigenvalue weighted by atomic mass is 16.5. The molecule has 2 rings (SSSR count). The van der Waals surface area contributed by atoms with E-state index < -0.39 is 6.10 Å². The molecule has 0 heterocycles. The van der Waals surface area contributed by atoms with Crippen LogP contribution in [0.2, 0.25) is 0 Å². The minimum Gasteiger partial charge on any atom is -0.484 e. The highest BCUT2D eigenvalue weighted by Crippen LogP contribution is 2.18. The van der Waals surface area contributed by atoms with Crippen molar-refractivity contribution >= 4 is 11.6 Å². The summed E-state index contributed by atoms with van der Waals surface area (Å²) in [7, 11) is 3.92. The van der Waals surface area contributed by atoms with Crippen molar-refractivity contribution in [3.8, 4) is 5.75 Å². The van der Waals surface area contributed by atoms with Crippen LogP contribution in [0.4, 0.5) is 5.69 Å². The molecule has 128 valence electrons. The SMILES string of the molecule is Cc1ccccc1OCC(=O)NCC(O)c1ccc(N(C)C)cc1. The summed E-state index contributed by atoms with van der Waals surface area (Å²) in [4.78, 5) is 13.8. The maximum atomic E-state index is 11.9. The maximum Gasteiger partial charge on any atom is 0.258 e. The average Bonchev–Trinajstić information content (AvgIpc) is 2.59. The Hall–Kier alpha value is -2.53. The first-order valence-electron chi connectivity index (χ1n) is 7.88. The molecule has 0 bridgehead atoms. The minimum absolute atomic E-state index is 0.0723. The number of rotatable bonds is 7. The number of nitrogens with zero attached hydrogens (tertiary/aromatic N) is 1. The molecule has 0 aromatic heterocycles. The molecular formula is C19H24N2O3. The zero-order valence-corrected chi connectivity index (χ0v) is 14.3. The second kappa shape index (κ2) is 8.36. The van der Waals surface area contributed by atoms with E-state index in [0.717, 1.165) is 16.8 Å². The van der Waals surface area contributed by atoms with E-state index in [1.807, 2.05) is 74.4 Å². The number of anilines is 1. The fourth-order valence-corrected chi connectivity index (χ4v) is 2.24. The van der Waals surface area contributed by atoms with E-state index in [-0.39, 0.29) is 19.1 Å². The Bertz CT molecular complexity index is 669. The van der Waals surface area contributed by atoms with E-state index >= 15 is 0 Å². The first-order valence-corrected chi connectivity index (χ1v) is 7.88. The first-order chi connectivity index (χ1) is 11.5. The minimum atomic E-state index is -0.747. The van der Waals surface area contributed by atoms with E-state index in [2.05, 4.69) is 5.32 Å². The lowest BCUT2D eigenvalue weighted by Gasteiger charge is -2.16. The zero-order valence-electron chi connectivity index (χ0n) is 14.3. The third-order valence-corrected chi connectivity index (χ3v) is 3.74. The number of benzene rings is 2. The molecule has 5 heteroatoms. The van der Waals surface area contributed by atoms with Crippen molar-refractivity contribution in [2.45, 2.75) is 13.0 Å². The molecule has 5 nitrogen and oxygen atoms in total. The Balaban J connectivity index is 1.79. The van der Waals surface area contributed by atoms with Crippen LogP contribution < -0.4 is 15.0 Å². The molecule has 2 N–H and O–H groups in total. The summed E-state index contributed by atoms with van der Waals surface area (Å²) in [6.45, 7) is 2.00. The Kier molecular flexibility index (Phi) is 6.21. The summed E-state index contributed by atoms with van der Waals surface area (Å²) in [5.41, 5.74) is 2.80. The molecule has 2 aromatic carbocycles. The highest BCUT2D eigenvalue weighted by molar-refractivity contribution is 5.77. The summed E-state index contributed by atoms with van der Waals surface area (Å²) in [5, 5.41) is 12.8. The third-order valence-electron chi connectivity index (χ3n) is 3.74. The average molecular weight is 328 g/mol. The van der Waals surface area contributed by atoms with Gasteiger partial charge in [0.25, 0.3) is 5.91 Å². The van der Waals surface area contributed by atoms with Crippen LogP contribution in [0.25, 0.3) is 0 Å². The third kappa shape index (κ3) is 4.99. The number of hydrogen-bond donors (Lipinski definition) is 2. The van der Waals surface area contributed by atoms with E-state index in [1.54, 1.807) is 0 Å². The number of nitrogens with one attached hydrogen (secondary N) is 1. The van der Waals surface area contributed by atoms with Gasteiger partial charge in [-0.05, 0) is 36.2 Å². The second-order valence-corrected chi connectivity index (χ2v) is 5.86. The van der Waals surface area contributed by atoms with Crippen molar-refractivity contribution in [1.29, 1.82) is 0 Å². The van der Waals surface area contributed by atoms with Gasteiger partial charge in [0.2, 0.25) is 0 Å². The summed E-state index contributed by atoms with van der Waals surface area (Å²) in [6, 6.07) is 15.1. The van der Waals surface area contributed by atoms with Gasteiger partial charge in [-0.3, -0.25) is 4.79 Å². The number of aliphatic hydroxyl groups excluding tert-OH is 1. The van der Waals surface area contributed by atoms with Gasteiger partial charge in [0.1, 0.15) is 5.75 Å². The van der Waals surface area contributed by atoms with Crippen LogP contribution >= 0.6 is 0 Å². The standard InChI is InChI=1S/C19H24N2O3/c1-14-6-4-5-7-18(14)24-13-19(23)20-12-17(22)15-8-10-16(11-9-15)21(2)3/h4-11,17,22H,12-13H2,1-3H3,(H,20,23). The molecule has 24 heavy (non-hydrogen) atoms. The van der Waals surface area contributed by atoms with E-state index in [1.165, 1.54) is 0 Å². The monoisotopic (exact) mass is 328 g/mol. The van der Waals surface area contributed by atoms with Crippen molar-refractivity contribution in [3.63, 3.8) is 0 Å². The molecule has 0 saturated heterocycles. The lowest BCUT2D eigenvalue weighted by molar-refractivity contribution is -0.123. The van der Waals surface area contributed by atoms with E-state index in [9.17, 15) is 9.90 Å². The molecule has 0 saturated carbocycles. The Labute approximate surface area is 142 Å². The number of hydrogen-bond acceptors (Lipinski definition) is 4. The van der Waals surface area contributed by atoms with Crippen LogP contribution in [-0.2, 0) is 4.79 Å². The van der Waals surface area contributed by atoms with Crippen molar-refractivity contribution < 1.29 is 14.6 Å². The molecule has 0 aliphatic rings. The number of ether oxygens (including phenoxy) is 1. The highest BCUT2D eigenvalue weighted by Gasteiger charge is 2.10. The van der Waals surface area contributed by atoms with Gasteiger partial charge in [-0.2, -0.15) is 0 Å². The number of aliphatic hydroxyl groups is 1. The van der Waals surface area contributed by atoms with Crippen molar-refractivity contribution in [2.75, 3.05) is 32.1 Å². The van der Waals surface area contributed by atoms with Gasteiger partial charge in [-0.25, -0.2) is 0 Å². The van der Waals surface area contributed by atoms with E-state index in [4.69, 9.17) is 4.74 Å². The fourth-order valence-electron chi connectivity index (χ4n) is 2.24. The predicted octanol–water partition coefficient (Wildman–Crippen LogP) is 2.29. The molecule has 2 aromatic rings. The quantitative estimate of drug-likeness (QED) is 0.819. The topological polar surface area (TPSA) is 61.8 Å². The lowest BCUT2D eigenvalue weighted by Crippen LogP contribution is -2.32. The molecule has 0 aliphatic carbocycles. The van der Waals surface area contributed by atoms with Gasteiger partial charge in [0.05, 0.1) is 6.10 Å². The smallest absolute Gasteiger partial charge is 0.258 e. The molecule has 1 atom stereocenters. The maximum absolute atomic E-state index is 11.9. The van der Waals surface area contributed by atoms with Crippen molar-refractivity contribution in [1.82, 2.24) is 5.32 Å². The molecule has 0 aliphatic heterocycles. The largest absolute Gasteiger partial charge is 0.484 e. The number of para-hydroxylation sites is 1. The van der Waals surface area contributed by atoms with E-state index in [0.29, 0.717) is 5.75 Å². The van der Waals surface area contributed by atoms with Crippen LogP contribution in [0.15, 0.2) is 48.5 Å². The second-order valence-electron chi connectivity index (χ2n) is 5.86. The lowest BCUT2D eigenvalue weighted by atomic mass is 10.1. The van der Waals surface area contributed by atoms with Gasteiger partial charge < -0.3 is 20.1 Å². The molecule has 1 unspecified atom stereocenters. The Morgan fingerprint density at radius 3 is 2.46 bits per heavy atom. The Morgan fingerprint density at radius 2 is 1.83 bits per heavy atom. The summed E-state index contributed by atoms with van der Waals surface area (Å²) >= 11 is 0. The van der Waals surface area contributed by atoms with Gasteiger partial charge >= 0.3 is 0 Å². The van der Waals surface area contributed by atoms with Crippen LogP contribution in [0.3, 0.4) is 0 Å². The van der Waals surface area contributed by atoms with Gasteiger partial charge in [0.15, 0.2) is 6.61 Å². The van der Waals surface area contributed by atoms with Gasteiger partial charge in [0, 0.05) is 26.3 Å². The zero-order chi connectivity index (χ0) is 17.5. The fraction of sp³-hybridized carbons (Fsp3) is 0.316. The van der Waals surface area contributed by atoms with Crippen LogP contribution in [0, 0.1) is 6.92 Å². The molecule has 0 radical (unpaired) electrons. The molecular weight excluding hydrogens is 304 g/mol.